The van der Waals surface area contributed by atoms with E-state index in [0.29, 0.717) is 0 Å². The van der Waals surface area contributed by atoms with Crippen LogP contribution in [0.3, 0.4) is 0 Å². The lowest BCUT2D eigenvalue weighted by Crippen LogP contribution is -1.87. The topological polar surface area (TPSA) is 0 Å². The van der Waals surface area contributed by atoms with Crippen LogP contribution in [0.4, 0.5) is 0 Å². The van der Waals surface area contributed by atoms with Crippen LogP contribution in [0.5, 0.6) is 0 Å². The number of thiophene rings is 3. The fraction of sp³-hybridized carbons (Fsp3) is 0. The molecule has 0 atom stereocenters. The largest absolute Gasteiger partial charge is 0.143 e. The van der Waals surface area contributed by atoms with Crippen molar-refractivity contribution in [2.24, 2.45) is 0 Å². The second kappa shape index (κ2) is 10.6. The molecule has 7 aromatic rings. The lowest BCUT2D eigenvalue weighted by molar-refractivity contribution is 1.62. The van der Waals surface area contributed by atoms with Crippen LogP contribution in [0.2, 0.25) is 0 Å². The smallest absolute Gasteiger partial charge is 0.0421 e. The first-order chi connectivity index (χ1) is 19.3. The molecule has 0 unspecified atom stereocenters. The highest BCUT2D eigenvalue weighted by Crippen LogP contribution is 2.46. The summed E-state index contributed by atoms with van der Waals surface area (Å²) in [5.41, 5.74) is 11.4. The van der Waals surface area contributed by atoms with E-state index in [0.717, 1.165) is 0 Å². The van der Waals surface area contributed by atoms with Gasteiger partial charge in [-0.05, 0) is 85.9 Å². The van der Waals surface area contributed by atoms with E-state index in [4.69, 9.17) is 0 Å². The molecule has 0 aliphatic carbocycles. The number of rotatable bonds is 6. The van der Waals surface area contributed by atoms with Crippen molar-refractivity contribution in [3.63, 3.8) is 0 Å². The molecule has 0 N–H and O–H groups in total. The van der Waals surface area contributed by atoms with Gasteiger partial charge in [0.1, 0.15) is 0 Å². The summed E-state index contributed by atoms with van der Waals surface area (Å²) < 4.78 is 0. The Labute approximate surface area is 241 Å². The van der Waals surface area contributed by atoms with E-state index >= 15 is 0 Å². The first-order valence-electron chi connectivity index (χ1n) is 12.9. The van der Waals surface area contributed by atoms with Crippen molar-refractivity contribution in [1.82, 2.24) is 0 Å². The summed E-state index contributed by atoms with van der Waals surface area (Å²) in [5.74, 6) is 0. The molecule has 3 aromatic heterocycles. The van der Waals surface area contributed by atoms with E-state index < -0.39 is 0 Å². The molecule has 0 saturated heterocycles. The predicted octanol–water partition coefficient (Wildman–Crippen LogP) is 11.9. The van der Waals surface area contributed by atoms with Gasteiger partial charge in [-0.3, -0.25) is 0 Å². The van der Waals surface area contributed by atoms with E-state index in [9.17, 15) is 0 Å². The second-order valence-electron chi connectivity index (χ2n) is 9.39. The van der Waals surface area contributed by atoms with Crippen LogP contribution in [-0.2, 0) is 0 Å². The van der Waals surface area contributed by atoms with Gasteiger partial charge in [-0.1, -0.05) is 91.0 Å². The van der Waals surface area contributed by atoms with Gasteiger partial charge < -0.3 is 0 Å². The number of hydrogen-bond donors (Lipinski definition) is 0. The second-order valence-corrected chi connectivity index (χ2v) is 12.1. The van der Waals surface area contributed by atoms with Gasteiger partial charge in [0.25, 0.3) is 0 Å². The monoisotopic (exact) mass is 552 g/mol. The Morgan fingerprint density at radius 2 is 0.564 bits per heavy atom. The van der Waals surface area contributed by atoms with Crippen molar-refractivity contribution in [3.05, 3.63) is 144 Å². The molecule has 0 fully saturated rings. The fourth-order valence-corrected chi connectivity index (χ4v) is 7.88. The third-order valence-electron chi connectivity index (χ3n) is 6.97. The summed E-state index contributed by atoms with van der Waals surface area (Å²) in [6, 6.07) is 46.1. The molecule has 3 heterocycles. The van der Waals surface area contributed by atoms with Crippen LogP contribution in [0.15, 0.2) is 144 Å². The molecule has 39 heavy (non-hydrogen) atoms. The zero-order chi connectivity index (χ0) is 26.0. The zero-order valence-corrected chi connectivity index (χ0v) is 23.5. The standard InChI is InChI=1S/C36H24S3/c1-4-10-25(11-5-1)31-16-19-37-34(31)28-22-29(35-32(17-20-38-35)26-12-6-2-7-13-26)24-30(23-28)36-33(18-21-39-36)27-14-8-3-9-15-27/h1-24H. The minimum absolute atomic E-state index is 1.25. The normalized spacial score (nSPS) is 11.1. The number of benzene rings is 4. The molecular weight excluding hydrogens is 529 g/mol. The van der Waals surface area contributed by atoms with Gasteiger partial charge in [0, 0.05) is 31.3 Å². The Hall–Kier alpha value is -4.02. The van der Waals surface area contributed by atoms with Gasteiger partial charge in [-0.15, -0.1) is 34.0 Å². The molecule has 0 aliphatic rings. The lowest BCUT2D eigenvalue weighted by Gasteiger charge is -2.13. The molecule has 3 heteroatoms. The summed E-state index contributed by atoms with van der Waals surface area (Å²) in [4.78, 5) is 3.92. The molecule has 0 radical (unpaired) electrons. The van der Waals surface area contributed by atoms with E-state index in [1.165, 1.54) is 64.7 Å². The molecule has 186 valence electrons. The van der Waals surface area contributed by atoms with E-state index in [-0.39, 0.29) is 0 Å². The minimum atomic E-state index is 1.25. The van der Waals surface area contributed by atoms with Crippen molar-refractivity contribution in [1.29, 1.82) is 0 Å². The maximum absolute atomic E-state index is 2.38. The Kier molecular flexibility index (Phi) is 6.55. The summed E-state index contributed by atoms with van der Waals surface area (Å²) in [7, 11) is 0. The lowest BCUT2D eigenvalue weighted by atomic mass is 9.94. The highest BCUT2D eigenvalue weighted by atomic mass is 32.1. The molecule has 0 saturated carbocycles. The summed E-state index contributed by atoms with van der Waals surface area (Å²) in [6.07, 6.45) is 0. The molecule has 0 aliphatic heterocycles. The van der Waals surface area contributed by atoms with Gasteiger partial charge in [-0.25, -0.2) is 0 Å². The molecule has 4 aromatic carbocycles. The van der Waals surface area contributed by atoms with Crippen molar-refractivity contribution in [2.75, 3.05) is 0 Å². The van der Waals surface area contributed by atoms with Crippen molar-refractivity contribution < 1.29 is 0 Å². The molecule has 0 spiro atoms. The molecule has 0 nitrogen and oxygen atoms in total. The van der Waals surface area contributed by atoms with Gasteiger partial charge in [0.05, 0.1) is 0 Å². The van der Waals surface area contributed by atoms with Crippen molar-refractivity contribution in [3.8, 4) is 64.7 Å². The third-order valence-corrected chi connectivity index (χ3v) is 9.86. The minimum Gasteiger partial charge on any atom is -0.143 e. The van der Waals surface area contributed by atoms with E-state index in [1.807, 2.05) is 34.0 Å². The van der Waals surface area contributed by atoms with Crippen LogP contribution >= 0.6 is 34.0 Å². The highest BCUT2D eigenvalue weighted by molar-refractivity contribution is 7.15. The van der Waals surface area contributed by atoms with Gasteiger partial charge in [-0.2, -0.15) is 0 Å². The SMILES string of the molecule is c1ccc(-c2ccsc2-c2cc(-c3sccc3-c3ccccc3)cc(-c3sccc3-c3ccccc3)c2)cc1. The predicted molar refractivity (Wildman–Crippen MR) is 173 cm³/mol. The summed E-state index contributed by atoms with van der Waals surface area (Å²) in [5, 5.41) is 6.64. The highest BCUT2D eigenvalue weighted by Gasteiger charge is 2.17. The third kappa shape index (κ3) is 4.70. The Morgan fingerprint density at radius 3 is 0.846 bits per heavy atom. The molecule has 7 rings (SSSR count). The first kappa shape index (κ1) is 24.1. The Balaban J connectivity index is 1.44. The van der Waals surface area contributed by atoms with Crippen molar-refractivity contribution >= 4 is 34.0 Å². The van der Waals surface area contributed by atoms with Gasteiger partial charge in [0.15, 0.2) is 0 Å². The number of hydrogen-bond acceptors (Lipinski definition) is 3. The van der Waals surface area contributed by atoms with Crippen LogP contribution in [-0.4, -0.2) is 0 Å². The average molecular weight is 553 g/mol. The van der Waals surface area contributed by atoms with Gasteiger partial charge >= 0.3 is 0 Å². The fourth-order valence-electron chi connectivity index (χ4n) is 5.15. The van der Waals surface area contributed by atoms with Crippen LogP contribution in [0.1, 0.15) is 0 Å². The Bertz CT molecular complexity index is 1610. The molecule has 0 bridgehead atoms. The Morgan fingerprint density at radius 1 is 0.282 bits per heavy atom. The first-order valence-corrected chi connectivity index (χ1v) is 15.5. The van der Waals surface area contributed by atoms with Crippen LogP contribution in [0, 0.1) is 0 Å². The van der Waals surface area contributed by atoms with Crippen LogP contribution in [0.25, 0.3) is 64.7 Å². The maximum Gasteiger partial charge on any atom is 0.0421 e. The average Bonchev–Trinajstić information content (AvgIpc) is 3.79. The van der Waals surface area contributed by atoms with Crippen molar-refractivity contribution in [2.45, 2.75) is 0 Å². The summed E-state index contributed by atoms with van der Waals surface area (Å²) in [6.45, 7) is 0. The van der Waals surface area contributed by atoms with E-state index in [1.54, 1.807) is 0 Å². The maximum atomic E-state index is 2.38. The van der Waals surface area contributed by atoms with E-state index in [2.05, 4.69) is 144 Å². The molecular formula is C36H24S3. The quantitative estimate of drug-likeness (QED) is 0.192. The van der Waals surface area contributed by atoms with Gasteiger partial charge in [0.2, 0.25) is 0 Å². The summed E-state index contributed by atoms with van der Waals surface area (Å²) >= 11 is 5.45. The molecule has 0 amide bonds. The zero-order valence-electron chi connectivity index (χ0n) is 21.1. The van der Waals surface area contributed by atoms with Crippen LogP contribution < -0.4 is 0 Å².